The van der Waals surface area contributed by atoms with Crippen LogP contribution in [0.3, 0.4) is 0 Å². The highest BCUT2D eigenvalue weighted by Gasteiger charge is 2.24. The fourth-order valence-corrected chi connectivity index (χ4v) is 4.21. The number of halogens is 2. The Balaban J connectivity index is 1.60. The first kappa shape index (κ1) is 21.3. The van der Waals surface area contributed by atoms with Gasteiger partial charge in [0, 0.05) is 17.5 Å². The Morgan fingerprint density at radius 3 is 2.72 bits per heavy atom. The number of hydrogen-bond acceptors (Lipinski definition) is 5. The van der Waals surface area contributed by atoms with Crippen LogP contribution in [0.15, 0.2) is 41.8 Å². The zero-order valence-corrected chi connectivity index (χ0v) is 17.0. The molecule has 156 valence electrons. The van der Waals surface area contributed by atoms with Gasteiger partial charge in [-0.3, -0.25) is 9.69 Å². The van der Waals surface area contributed by atoms with E-state index >= 15 is 0 Å². The normalized spacial score (nSPS) is 15.7. The minimum absolute atomic E-state index is 0.0477. The van der Waals surface area contributed by atoms with Gasteiger partial charge in [-0.2, -0.15) is 8.78 Å². The molecule has 1 aliphatic heterocycles. The van der Waals surface area contributed by atoms with Crippen LogP contribution in [-0.2, 0) is 4.79 Å². The second-order valence-corrected chi connectivity index (χ2v) is 7.62. The third kappa shape index (κ3) is 6.01. The van der Waals surface area contributed by atoms with Crippen molar-refractivity contribution in [3.63, 3.8) is 0 Å². The number of alkyl halides is 2. The molecule has 29 heavy (non-hydrogen) atoms. The van der Waals surface area contributed by atoms with Crippen LogP contribution in [0.2, 0.25) is 0 Å². The number of amides is 1. The number of nitrogens with zero attached hydrogens (tertiary/aromatic N) is 1. The SMILES string of the molecule is COc1cc(/C=C/C(=O)NCC(c2cccs2)N2CCCC2)ccc1OC(F)F. The molecule has 0 spiro atoms. The van der Waals surface area contributed by atoms with Crippen LogP contribution in [0.5, 0.6) is 11.5 Å². The second-order valence-electron chi connectivity index (χ2n) is 6.64. The summed E-state index contributed by atoms with van der Waals surface area (Å²) in [7, 11) is 1.37. The van der Waals surface area contributed by atoms with Gasteiger partial charge in [0.2, 0.25) is 5.91 Å². The number of methoxy groups -OCH3 is 1. The molecule has 5 nitrogen and oxygen atoms in total. The highest BCUT2D eigenvalue weighted by molar-refractivity contribution is 7.10. The number of carbonyl (C=O) groups excluding carboxylic acids is 1. The number of ether oxygens (including phenoxy) is 2. The quantitative estimate of drug-likeness (QED) is 0.612. The van der Waals surface area contributed by atoms with E-state index in [1.165, 1.54) is 37.0 Å². The average Bonchev–Trinajstić information content (AvgIpc) is 3.41. The van der Waals surface area contributed by atoms with Crippen molar-refractivity contribution in [3.05, 3.63) is 52.2 Å². The zero-order valence-electron chi connectivity index (χ0n) is 16.1. The summed E-state index contributed by atoms with van der Waals surface area (Å²) in [5, 5.41) is 5.02. The summed E-state index contributed by atoms with van der Waals surface area (Å²) < 4.78 is 34.3. The molecule has 0 bridgehead atoms. The van der Waals surface area contributed by atoms with E-state index in [1.807, 2.05) is 6.07 Å². The Bertz CT molecular complexity index is 821. The first-order valence-electron chi connectivity index (χ1n) is 9.43. The topological polar surface area (TPSA) is 50.8 Å². The van der Waals surface area contributed by atoms with Gasteiger partial charge in [0.1, 0.15) is 0 Å². The largest absolute Gasteiger partial charge is 0.493 e. The van der Waals surface area contributed by atoms with E-state index in [2.05, 4.69) is 26.4 Å². The highest BCUT2D eigenvalue weighted by Crippen LogP contribution is 2.30. The third-order valence-corrected chi connectivity index (χ3v) is 5.73. The summed E-state index contributed by atoms with van der Waals surface area (Å²) in [4.78, 5) is 16.0. The van der Waals surface area contributed by atoms with Gasteiger partial charge in [0.15, 0.2) is 11.5 Å². The third-order valence-electron chi connectivity index (χ3n) is 4.75. The van der Waals surface area contributed by atoms with Crippen LogP contribution in [0.4, 0.5) is 8.78 Å². The molecule has 2 aromatic rings. The Hall–Kier alpha value is -2.45. The summed E-state index contributed by atoms with van der Waals surface area (Å²) in [5.41, 5.74) is 0.646. The summed E-state index contributed by atoms with van der Waals surface area (Å²) in [6.45, 7) is -0.306. The first-order chi connectivity index (χ1) is 14.1. The lowest BCUT2D eigenvalue weighted by Gasteiger charge is -2.26. The standard InChI is InChI=1S/C21H24F2N2O3S/c1-27-18-13-15(6-8-17(18)28-21(22)23)7-9-20(26)24-14-16(19-5-4-12-29-19)25-10-2-3-11-25/h4-9,12-13,16,21H,2-3,10-11,14H2,1H3,(H,24,26)/b9-7+. The van der Waals surface area contributed by atoms with Crippen LogP contribution >= 0.6 is 11.3 Å². The molecule has 8 heteroatoms. The van der Waals surface area contributed by atoms with Crippen LogP contribution in [0, 0.1) is 0 Å². The Labute approximate surface area is 172 Å². The summed E-state index contributed by atoms with van der Waals surface area (Å²) in [6.07, 6.45) is 5.41. The molecule has 0 saturated carbocycles. The first-order valence-corrected chi connectivity index (χ1v) is 10.3. The van der Waals surface area contributed by atoms with E-state index < -0.39 is 6.61 Å². The van der Waals surface area contributed by atoms with E-state index in [0.29, 0.717) is 12.1 Å². The molecule has 1 fully saturated rings. The van der Waals surface area contributed by atoms with E-state index in [4.69, 9.17) is 4.74 Å². The fourth-order valence-electron chi connectivity index (χ4n) is 3.35. The maximum absolute atomic E-state index is 12.4. The molecular formula is C21H24F2N2O3S. The highest BCUT2D eigenvalue weighted by atomic mass is 32.1. The molecule has 1 aromatic heterocycles. The van der Waals surface area contributed by atoms with Crippen molar-refractivity contribution in [2.45, 2.75) is 25.5 Å². The smallest absolute Gasteiger partial charge is 0.387 e. The number of nitrogens with one attached hydrogen (secondary N) is 1. The molecule has 1 N–H and O–H groups in total. The fraction of sp³-hybridized carbons (Fsp3) is 0.381. The molecule has 1 aromatic carbocycles. The number of hydrogen-bond donors (Lipinski definition) is 1. The van der Waals surface area contributed by atoms with Crippen molar-refractivity contribution in [2.24, 2.45) is 0 Å². The monoisotopic (exact) mass is 422 g/mol. The van der Waals surface area contributed by atoms with Gasteiger partial charge >= 0.3 is 6.61 Å². The summed E-state index contributed by atoms with van der Waals surface area (Å²) in [5.74, 6) is -0.0780. The Kier molecular flexibility index (Phi) is 7.60. The maximum atomic E-state index is 12.4. The van der Waals surface area contributed by atoms with Gasteiger partial charge < -0.3 is 14.8 Å². The second kappa shape index (κ2) is 10.4. The lowest BCUT2D eigenvalue weighted by molar-refractivity contribution is -0.116. The number of likely N-dealkylation sites (tertiary alicyclic amines) is 1. The minimum Gasteiger partial charge on any atom is -0.493 e. The molecule has 1 unspecified atom stereocenters. The summed E-state index contributed by atoms with van der Waals surface area (Å²) >= 11 is 1.70. The lowest BCUT2D eigenvalue weighted by Crippen LogP contribution is -2.35. The molecule has 3 rings (SSSR count). The van der Waals surface area contributed by atoms with Crippen molar-refractivity contribution < 1.29 is 23.0 Å². The van der Waals surface area contributed by atoms with Gasteiger partial charge in [0.05, 0.1) is 13.2 Å². The molecule has 0 radical (unpaired) electrons. The van der Waals surface area contributed by atoms with Gasteiger partial charge in [-0.15, -0.1) is 11.3 Å². The predicted octanol–water partition coefficient (Wildman–Crippen LogP) is 4.32. The van der Waals surface area contributed by atoms with Crippen molar-refractivity contribution in [3.8, 4) is 11.5 Å². The Morgan fingerprint density at radius 1 is 1.28 bits per heavy atom. The molecule has 1 aliphatic rings. The maximum Gasteiger partial charge on any atom is 0.387 e. The van der Waals surface area contributed by atoms with E-state index in [1.54, 1.807) is 29.5 Å². The van der Waals surface area contributed by atoms with Gasteiger partial charge in [-0.1, -0.05) is 12.1 Å². The molecule has 2 heterocycles. The zero-order chi connectivity index (χ0) is 20.6. The van der Waals surface area contributed by atoms with Crippen LogP contribution in [0.25, 0.3) is 6.08 Å². The molecule has 1 saturated heterocycles. The van der Waals surface area contributed by atoms with E-state index in [-0.39, 0.29) is 23.4 Å². The van der Waals surface area contributed by atoms with Gasteiger partial charge in [-0.05, 0) is 61.1 Å². The molecule has 0 aliphatic carbocycles. The van der Waals surface area contributed by atoms with Crippen molar-refractivity contribution >= 4 is 23.3 Å². The van der Waals surface area contributed by atoms with Crippen LogP contribution < -0.4 is 14.8 Å². The number of rotatable bonds is 9. The van der Waals surface area contributed by atoms with Crippen molar-refractivity contribution in [2.75, 3.05) is 26.7 Å². The lowest BCUT2D eigenvalue weighted by atomic mass is 10.2. The predicted molar refractivity (Wildman–Crippen MR) is 110 cm³/mol. The van der Waals surface area contributed by atoms with Gasteiger partial charge in [-0.25, -0.2) is 0 Å². The van der Waals surface area contributed by atoms with E-state index in [0.717, 1.165) is 13.1 Å². The van der Waals surface area contributed by atoms with Crippen LogP contribution in [0.1, 0.15) is 29.3 Å². The molecule has 1 atom stereocenters. The number of carbonyl (C=O) groups is 1. The number of benzene rings is 1. The van der Waals surface area contributed by atoms with E-state index in [9.17, 15) is 13.6 Å². The Morgan fingerprint density at radius 2 is 2.07 bits per heavy atom. The van der Waals surface area contributed by atoms with Crippen LogP contribution in [-0.4, -0.2) is 44.2 Å². The van der Waals surface area contributed by atoms with Gasteiger partial charge in [0.25, 0.3) is 0 Å². The molecular weight excluding hydrogens is 398 g/mol. The minimum atomic E-state index is -2.93. The average molecular weight is 422 g/mol. The molecule has 1 amide bonds. The van der Waals surface area contributed by atoms with Crippen molar-refractivity contribution in [1.82, 2.24) is 10.2 Å². The number of thiophene rings is 1. The van der Waals surface area contributed by atoms with Crippen molar-refractivity contribution in [1.29, 1.82) is 0 Å². The summed E-state index contributed by atoms with van der Waals surface area (Å²) in [6, 6.07) is 8.83.